The number of aromatic nitrogens is 3. The monoisotopic (exact) mass is 340 g/mol. The fourth-order valence-corrected chi connectivity index (χ4v) is 2.99. The number of amides is 1. The van der Waals surface area contributed by atoms with Gasteiger partial charge in [-0.2, -0.15) is 4.98 Å². The van der Waals surface area contributed by atoms with Crippen LogP contribution in [0, 0.1) is 0 Å². The number of rotatable bonds is 3. The second kappa shape index (κ2) is 6.04. The first-order chi connectivity index (χ1) is 12.1. The van der Waals surface area contributed by atoms with E-state index in [0.29, 0.717) is 30.6 Å². The molecule has 1 fully saturated rings. The maximum Gasteiger partial charge on any atom is 0.293 e. The summed E-state index contributed by atoms with van der Waals surface area (Å²) in [4.78, 5) is 30.8. The minimum Gasteiger partial charge on any atom is -0.459 e. The highest BCUT2D eigenvalue weighted by Crippen LogP contribution is 2.28. The Labute approximate surface area is 142 Å². The van der Waals surface area contributed by atoms with Gasteiger partial charge in [-0.1, -0.05) is 5.16 Å². The Morgan fingerprint density at radius 1 is 1.32 bits per heavy atom. The topological polar surface area (TPSA) is 94.4 Å². The van der Waals surface area contributed by atoms with Gasteiger partial charge in [0.15, 0.2) is 11.6 Å². The quantitative estimate of drug-likeness (QED) is 0.720. The van der Waals surface area contributed by atoms with Gasteiger partial charge >= 0.3 is 0 Å². The van der Waals surface area contributed by atoms with E-state index in [0.717, 1.165) is 6.42 Å². The van der Waals surface area contributed by atoms with Crippen LogP contribution in [0.3, 0.4) is 0 Å². The Hall–Kier alpha value is -3.16. The van der Waals surface area contributed by atoms with Gasteiger partial charge in [-0.25, -0.2) is 0 Å². The van der Waals surface area contributed by atoms with Crippen molar-refractivity contribution in [2.45, 2.75) is 12.3 Å². The van der Waals surface area contributed by atoms with Gasteiger partial charge in [-0.15, -0.1) is 0 Å². The van der Waals surface area contributed by atoms with Gasteiger partial charge in [0.2, 0.25) is 0 Å². The lowest BCUT2D eigenvalue weighted by atomic mass is 10.1. The van der Waals surface area contributed by atoms with Crippen molar-refractivity contribution in [2.24, 2.45) is 7.05 Å². The molecule has 1 amide bonds. The lowest BCUT2D eigenvalue weighted by molar-refractivity contribution is 0.0788. The summed E-state index contributed by atoms with van der Waals surface area (Å²) >= 11 is 0. The summed E-state index contributed by atoms with van der Waals surface area (Å²) in [6.45, 7) is 1.00. The zero-order valence-corrected chi connectivity index (χ0v) is 13.6. The van der Waals surface area contributed by atoms with Gasteiger partial charge in [-0.3, -0.25) is 9.59 Å². The van der Waals surface area contributed by atoms with Crippen LogP contribution in [0.2, 0.25) is 0 Å². The average molecular weight is 340 g/mol. The van der Waals surface area contributed by atoms with E-state index < -0.39 is 0 Å². The van der Waals surface area contributed by atoms with Crippen LogP contribution in [-0.4, -0.2) is 38.6 Å². The van der Waals surface area contributed by atoms with Crippen molar-refractivity contribution in [3.8, 4) is 11.7 Å². The van der Waals surface area contributed by atoms with E-state index in [2.05, 4.69) is 10.1 Å². The fraction of sp³-hybridized carbons (Fsp3) is 0.294. The van der Waals surface area contributed by atoms with Crippen LogP contribution in [0.15, 0.2) is 50.5 Å². The highest BCUT2D eigenvalue weighted by Gasteiger charge is 2.32. The molecule has 0 aliphatic carbocycles. The Morgan fingerprint density at radius 2 is 2.20 bits per heavy atom. The van der Waals surface area contributed by atoms with Crippen LogP contribution >= 0.6 is 0 Å². The van der Waals surface area contributed by atoms with Crippen LogP contribution in [0.4, 0.5) is 0 Å². The van der Waals surface area contributed by atoms with Gasteiger partial charge < -0.3 is 18.4 Å². The molecular formula is C17H16N4O4. The lowest BCUT2D eigenvalue weighted by Crippen LogP contribution is -2.34. The van der Waals surface area contributed by atoms with E-state index >= 15 is 0 Å². The Morgan fingerprint density at radius 3 is 3.00 bits per heavy atom. The maximum absolute atomic E-state index is 12.6. The van der Waals surface area contributed by atoms with Crippen molar-refractivity contribution in [1.29, 1.82) is 0 Å². The summed E-state index contributed by atoms with van der Waals surface area (Å²) < 4.78 is 11.9. The molecule has 8 nitrogen and oxygen atoms in total. The molecule has 1 aliphatic heterocycles. The van der Waals surface area contributed by atoms with E-state index in [9.17, 15) is 9.59 Å². The van der Waals surface area contributed by atoms with Crippen LogP contribution in [0.1, 0.15) is 28.5 Å². The molecule has 1 atom stereocenters. The molecule has 128 valence electrons. The minimum absolute atomic E-state index is 0.0241. The summed E-state index contributed by atoms with van der Waals surface area (Å²) in [6, 6.07) is 6.74. The van der Waals surface area contributed by atoms with Crippen molar-refractivity contribution in [2.75, 3.05) is 13.1 Å². The molecule has 8 heteroatoms. The first kappa shape index (κ1) is 15.4. The first-order valence-electron chi connectivity index (χ1n) is 7.96. The third-order valence-electron chi connectivity index (χ3n) is 4.37. The van der Waals surface area contributed by atoms with Crippen molar-refractivity contribution in [3.63, 3.8) is 0 Å². The molecule has 4 heterocycles. The molecule has 1 saturated heterocycles. The molecule has 0 spiro atoms. The van der Waals surface area contributed by atoms with E-state index in [1.807, 2.05) is 0 Å². The third-order valence-corrected chi connectivity index (χ3v) is 4.37. The molecule has 0 aromatic carbocycles. The van der Waals surface area contributed by atoms with E-state index in [1.54, 1.807) is 42.4 Å². The van der Waals surface area contributed by atoms with Crippen molar-refractivity contribution in [3.05, 3.63) is 58.5 Å². The largest absolute Gasteiger partial charge is 0.459 e. The zero-order valence-electron chi connectivity index (χ0n) is 13.6. The second-order valence-electron chi connectivity index (χ2n) is 6.01. The number of hydrogen-bond donors (Lipinski definition) is 0. The summed E-state index contributed by atoms with van der Waals surface area (Å²) in [5.41, 5.74) is -0.120. The van der Waals surface area contributed by atoms with E-state index in [1.165, 1.54) is 10.8 Å². The number of carbonyl (C=O) groups excluding carboxylic acids is 1. The van der Waals surface area contributed by atoms with Crippen molar-refractivity contribution >= 4 is 5.91 Å². The molecular weight excluding hydrogens is 324 g/mol. The molecule has 0 bridgehead atoms. The molecule has 0 saturated carbocycles. The summed E-state index contributed by atoms with van der Waals surface area (Å²) in [7, 11) is 1.63. The number of furan rings is 1. The average Bonchev–Trinajstić information content (AvgIpc) is 3.36. The van der Waals surface area contributed by atoms with Crippen LogP contribution in [0.5, 0.6) is 0 Å². The first-order valence-corrected chi connectivity index (χ1v) is 7.96. The third kappa shape index (κ3) is 2.75. The number of pyridine rings is 1. The number of likely N-dealkylation sites (tertiary alicyclic amines) is 1. The lowest BCUT2D eigenvalue weighted by Gasteiger charge is -2.15. The van der Waals surface area contributed by atoms with E-state index in [-0.39, 0.29) is 22.9 Å². The van der Waals surface area contributed by atoms with Crippen LogP contribution in [0.25, 0.3) is 11.7 Å². The number of hydrogen-bond acceptors (Lipinski definition) is 6. The predicted molar refractivity (Wildman–Crippen MR) is 86.9 cm³/mol. The number of nitrogens with zero attached hydrogens (tertiary/aromatic N) is 4. The van der Waals surface area contributed by atoms with Gasteiger partial charge in [0.25, 0.3) is 17.4 Å². The molecule has 3 aromatic heterocycles. The van der Waals surface area contributed by atoms with Gasteiger partial charge in [0.1, 0.15) is 5.56 Å². The number of aryl methyl sites for hydroxylation is 1. The fourth-order valence-electron chi connectivity index (χ4n) is 2.99. The molecule has 25 heavy (non-hydrogen) atoms. The summed E-state index contributed by atoms with van der Waals surface area (Å²) in [5.74, 6) is 1.09. The standard InChI is InChI=1S/C17H16N4O4/c1-20-7-2-4-12(16(20)22)17(23)21-8-6-11(10-21)14-18-15(25-19-14)13-5-3-9-24-13/h2-5,7,9,11H,6,8,10H2,1H3. The summed E-state index contributed by atoms with van der Waals surface area (Å²) in [5, 5.41) is 4.00. The molecule has 0 radical (unpaired) electrons. The SMILES string of the molecule is Cn1cccc(C(=O)N2CCC(c3noc(-c4ccco4)n3)C2)c1=O. The van der Waals surface area contributed by atoms with Crippen molar-refractivity contribution in [1.82, 2.24) is 19.6 Å². The Bertz CT molecular complexity index is 957. The number of carbonyl (C=O) groups is 1. The predicted octanol–water partition coefficient (Wildman–Crippen LogP) is 1.66. The highest BCUT2D eigenvalue weighted by molar-refractivity contribution is 5.94. The van der Waals surface area contributed by atoms with Gasteiger partial charge in [0, 0.05) is 32.3 Å². The molecule has 4 rings (SSSR count). The minimum atomic E-state index is -0.296. The Balaban J connectivity index is 1.51. The van der Waals surface area contributed by atoms with Gasteiger partial charge in [0.05, 0.1) is 6.26 Å². The highest BCUT2D eigenvalue weighted by atomic mass is 16.5. The van der Waals surface area contributed by atoms with Crippen molar-refractivity contribution < 1.29 is 13.7 Å². The smallest absolute Gasteiger partial charge is 0.293 e. The summed E-state index contributed by atoms with van der Waals surface area (Å²) in [6.07, 6.45) is 3.88. The molecule has 1 unspecified atom stereocenters. The molecule has 1 aliphatic rings. The Kier molecular flexibility index (Phi) is 3.72. The second-order valence-corrected chi connectivity index (χ2v) is 6.01. The zero-order chi connectivity index (χ0) is 17.4. The molecule has 3 aromatic rings. The maximum atomic E-state index is 12.6. The van der Waals surface area contributed by atoms with E-state index in [4.69, 9.17) is 8.94 Å². The molecule has 0 N–H and O–H groups in total. The van der Waals surface area contributed by atoms with Crippen LogP contribution < -0.4 is 5.56 Å². The van der Waals surface area contributed by atoms with Gasteiger partial charge in [-0.05, 0) is 30.7 Å². The normalized spacial score (nSPS) is 17.2. The van der Waals surface area contributed by atoms with Crippen LogP contribution in [-0.2, 0) is 7.05 Å².